The molecular formula is C13H24N2O2. The van der Waals surface area contributed by atoms with Crippen molar-refractivity contribution in [2.75, 3.05) is 26.3 Å². The van der Waals surface area contributed by atoms with Gasteiger partial charge in [0.25, 0.3) is 0 Å². The van der Waals surface area contributed by atoms with Crippen LogP contribution < -0.4 is 5.73 Å². The molecular weight excluding hydrogens is 216 g/mol. The van der Waals surface area contributed by atoms with E-state index < -0.39 is 0 Å². The molecule has 0 bridgehead atoms. The highest BCUT2D eigenvalue weighted by Crippen LogP contribution is 2.27. The highest BCUT2D eigenvalue weighted by atomic mass is 16.5. The van der Waals surface area contributed by atoms with E-state index in [1.165, 1.54) is 32.1 Å². The molecule has 1 heterocycles. The van der Waals surface area contributed by atoms with Gasteiger partial charge in [0, 0.05) is 13.1 Å². The summed E-state index contributed by atoms with van der Waals surface area (Å²) in [6, 6.07) is -0.295. The lowest BCUT2D eigenvalue weighted by Crippen LogP contribution is -2.49. The molecule has 2 N–H and O–H groups in total. The standard InChI is InChI=1S/C13H24N2O2/c14-12(10-11-4-2-1-3-5-11)13(16)15-6-8-17-9-7-15/h11-12H,1-10,14H2. The van der Waals surface area contributed by atoms with Gasteiger partial charge in [-0.15, -0.1) is 0 Å². The minimum Gasteiger partial charge on any atom is -0.378 e. The summed E-state index contributed by atoms with van der Waals surface area (Å²) in [7, 11) is 0. The zero-order valence-electron chi connectivity index (χ0n) is 10.6. The van der Waals surface area contributed by atoms with E-state index in [0.29, 0.717) is 32.2 Å². The van der Waals surface area contributed by atoms with Gasteiger partial charge < -0.3 is 15.4 Å². The summed E-state index contributed by atoms with van der Waals surface area (Å²) in [4.78, 5) is 14.0. The maximum absolute atomic E-state index is 12.1. The molecule has 2 aliphatic rings. The van der Waals surface area contributed by atoms with Crippen LogP contribution in [-0.4, -0.2) is 43.2 Å². The zero-order valence-corrected chi connectivity index (χ0v) is 10.6. The van der Waals surface area contributed by atoms with Crippen LogP contribution in [0.2, 0.25) is 0 Å². The van der Waals surface area contributed by atoms with Crippen molar-refractivity contribution in [3.05, 3.63) is 0 Å². The summed E-state index contributed by atoms with van der Waals surface area (Å²) >= 11 is 0. The third-order valence-corrected chi connectivity index (χ3v) is 3.95. The van der Waals surface area contributed by atoms with Gasteiger partial charge in [0.05, 0.1) is 19.3 Å². The van der Waals surface area contributed by atoms with Crippen molar-refractivity contribution in [2.24, 2.45) is 11.7 Å². The molecule has 0 aromatic rings. The minimum absolute atomic E-state index is 0.124. The van der Waals surface area contributed by atoms with Crippen molar-refractivity contribution in [1.29, 1.82) is 0 Å². The van der Waals surface area contributed by atoms with Gasteiger partial charge >= 0.3 is 0 Å². The third-order valence-electron chi connectivity index (χ3n) is 3.95. The summed E-state index contributed by atoms with van der Waals surface area (Å²) in [5.74, 6) is 0.794. The van der Waals surface area contributed by atoms with E-state index >= 15 is 0 Å². The van der Waals surface area contributed by atoms with Crippen LogP contribution in [0.25, 0.3) is 0 Å². The predicted molar refractivity (Wildman–Crippen MR) is 66.6 cm³/mol. The number of amides is 1. The fraction of sp³-hybridized carbons (Fsp3) is 0.923. The fourth-order valence-corrected chi connectivity index (χ4v) is 2.90. The highest BCUT2D eigenvalue weighted by molar-refractivity contribution is 5.81. The first-order chi connectivity index (χ1) is 8.27. The third kappa shape index (κ3) is 3.68. The minimum atomic E-state index is -0.295. The van der Waals surface area contributed by atoms with Crippen LogP contribution >= 0.6 is 0 Å². The first-order valence-electron chi connectivity index (χ1n) is 6.89. The number of carbonyl (C=O) groups excluding carboxylic acids is 1. The SMILES string of the molecule is NC(CC1CCCCC1)C(=O)N1CCOCC1. The summed E-state index contributed by atoms with van der Waals surface area (Å²) in [6.45, 7) is 2.72. The van der Waals surface area contributed by atoms with Gasteiger partial charge in [-0.25, -0.2) is 0 Å². The molecule has 0 radical (unpaired) electrons. The average Bonchev–Trinajstić information content (AvgIpc) is 2.40. The van der Waals surface area contributed by atoms with Crippen molar-refractivity contribution in [3.8, 4) is 0 Å². The van der Waals surface area contributed by atoms with Gasteiger partial charge in [-0.3, -0.25) is 4.79 Å². The summed E-state index contributed by atoms with van der Waals surface area (Å²) in [5.41, 5.74) is 6.05. The van der Waals surface area contributed by atoms with Crippen LogP contribution in [0, 0.1) is 5.92 Å². The lowest BCUT2D eigenvalue weighted by atomic mass is 9.85. The van der Waals surface area contributed by atoms with Crippen molar-refractivity contribution in [2.45, 2.75) is 44.6 Å². The van der Waals surface area contributed by atoms with Crippen molar-refractivity contribution >= 4 is 5.91 Å². The smallest absolute Gasteiger partial charge is 0.239 e. The molecule has 0 aromatic heterocycles. The van der Waals surface area contributed by atoms with Gasteiger partial charge in [0.2, 0.25) is 5.91 Å². The van der Waals surface area contributed by atoms with E-state index in [1.54, 1.807) is 0 Å². The van der Waals surface area contributed by atoms with Crippen LogP contribution in [0.5, 0.6) is 0 Å². The second-order valence-corrected chi connectivity index (χ2v) is 5.28. The second-order valence-electron chi connectivity index (χ2n) is 5.28. The molecule has 0 spiro atoms. The molecule has 4 nitrogen and oxygen atoms in total. The van der Waals surface area contributed by atoms with Crippen molar-refractivity contribution < 1.29 is 9.53 Å². The molecule has 1 aliphatic carbocycles. The van der Waals surface area contributed by atoms with Crippen LogP contribution in [-0.2, 0) is 9.53 Å². The van der Waals surface area contributed by atoms with Crippen LogP contribution in [0.3, 0.4) is 0 Å². The number of nitrogens with zero attached hydrogens (tertiary/aromatic N) is 1. The summed E-state index contributed by atoms with van der Waals surface area (Å²) < 4.78 is 5.24. The Labute approximate surface area is 103 Å². The quantitative estimate of drug-likeness (QED) is 0.805. The number of ether oxygens (including phenoxy) is 1. The fourth-order valence-electron chi connectivity index (χ4n) is 2.90. The molecule has 1 atom stereocenters. The van der Waals surface area contributed by atoms with Crippen LogP contribution in [0.15, 0.2) is 0 Å². The maximum Gasteiger partial charge on any atom is 0.239 e. The number of morpholine rings is 1. The Morgan fingerprint density at radius 3 is 2.53 bits per heavy atom. The number of hydrogen-bond acceptors (Lipinski definition) is 3. The van der Waals surface area contributed by atoms with E-state index in [0.717, 1.165) is 6.42 Å². The van der Waals surface area contributed by atoms with Gasteiger partial charge in [0.15, 0.2) is 0 Å². The number of hydrogen-bond donors (Lipinski definition) is 1. The van der Waals surface area contributed by atoms with Crippen LogP contribution in [0.4, 0.5) is 0 Å². The molecule has 0 aromatic carbocycles. The normalized spacial score (nSPS) is 24.6. The van der Waals surface area contributed by atoms with Gasteiger partial charge in [-0.1, -0.05) is 32.1 Å². The number of nitrogens with two attached hydrogens (primary N) is 1. The van der Waals surface area contributed by atoms with E-state index in [-0.39, 0.29) is 11.9 Å². The van der Waals surface area contributed by atoms with E-state index in [2.05, 4.69) is 0 Å². The number of carbonyl (C=O) groups is 1. The van der Waals surface area contributed by atoms with Gasteiger partial charge in [-0.05, 0) is 12.3 Å². The van der Waals surface area contributed by atoms with E-state index in [4.69, 9.17) is 10.5 Å². The monoisotopic (exact) mass is 240 g/mol. The van der Waals surface area contributed by atoms with E-state index in [9.17, 15) is 4.79 Å². The van der Waals surface area contributed by atoms with Crippen molar-refractivity contribution in [3.63, 3.8) is 0 Å². The molecule has 98 valence electrons. The summed E-state index contributed by atoms with van der Waals surface area (Å²) in [6.07, 6.45) is 7.35. The molecule has 1 amide bonds. The average molecular weight is 240 g/mol. The Hall–Kier alpha value is -0.610. The molecule has 17 heavy (non-hydrogen) atoms. The second kappa shape index (κ2) is 6.36. The molecule has 1 unspecified atom stereocenters. The van der Waals surface area contributed by atoms with Gasteiger partial charge in [0.1, 0.15) is 0 Å². The first kappa shape index (κ1) is 12.8. The molecule has 2 fully saturated rings. The lowest BCUT2D eigenvalue weighted by molar-refractivity contribution is -0.137. The van der Waals surface area contributed by atoms with Crippen LogP contribution in [0.1, 0.15) is 38.5 Å². The molecule has 2 rings (SSSR count). The Morgan fingerprint density at radius 2 is 1.88 bits per heavy atom. The molecule has 1 aliphatic heterocycles. The van der Waals surface area contributed by atoms with E-state index in [1.807, 2.05) is 4.90 Å². The van der Waals surface area contributed by atoms with Gasteiger partial charge in [-0.2, -0.15) is 0 Å². The molecule has 4 heteroatoms. The highest BCUT2D eigenvalue weighted by Gasteiger charge is 2.25. The number of rotatable bonds is 3. The molecule has 1 saturated carbocycles. The van der Waals surface area contributed by atoms with Crippen molar-refractivity contribution in [1.82, 2.24) is 4.90 Å². The summed E-state index contributed by atoms with van der Waals surface area (Å²) in [5, 5.41) is 0. The largest absolute Gasteiger partial charge is 0.378 e. The first-order valence-corrected chi connectivity index (χ1v) is 6.89. The predicted octanol–water partition coefficient (Wildman–Crippen LogP) is 1.14. The maximum atomic E-state index is 12.1. The Balaban J connectivity index is 1.77. The zero-order chi connectivity index (χ0) is 12.1. The topological polar surface area (TPSA) is 55.6 Å². The Morgan fingerprint density at radius 1 is 1.24 bits per heavy atom. The molecule has 1 saturated heterocycles. The lowest BCUT2D eigenvalue weighted by Gasteiger charge is -2.31. The Kier molecular flexibility index (Phi) is 4.80. The Bertz CT molecular complexity index is 246.